The van der Waals surface area contributed by atoms with E-state index in [1.807, 2.05) is 37.2 Å². The summed E-state index contributed by atoms with van der Waals surface area (Å²) in [5.74, 6) is 2.85. The second kappa shape index (κ2) is 41.9. The lowest BCUT2D eigenvalue weighted by molar-refractivity contribution is -0.124. The predicted octanol–water partition coefficient (Wildman–Crippen LogP) is 13.3. The van der Waals surface area contributed by atoms with E-state index in [2.05, 4.69) is 215 Å². The van der Waals surface area contributed by atoms with Crippen LogP contribution in [0.3, 0.4) is 0 Å². The first kappa shape index (κ1) is 82.0. The number of pyridine rings is 6. The van der Waals surface area contributed by atoms with Gasteiger partial charge in [0.15, 0.2) is 0 Å². The lowest BCUT2D eigenvalue weighted by Gasteiger charge is -2.47. The molecule has 1 unspecified atom stereocenters. The van der Waals surface area contributed by atoms with Crippen LogP contribution in [0.25, 0.3) is 0 Å². The third-order valence-electron chi connectivity index (χ3n) is 20.6. The van der Waals surface area contributed by atoms with Crippen molar-refractivity contribution in [3.05, 3.63) is 144 Å². The van der Waals surface area contributed by atoms with Gasteiger partial charge in [-0.3, -0.25) is 29.9 Å². The number of hydrogen-bond donors (Lipinski definition) is 5. The van der Waals surface area contributed by atoms with Crippen molar-refractivity contribution in [1.29, 1.82) is 0 Å². The number of anilines is 6. The number of aliphatic hydroxyl groups excluding tert-OH is 5. The van der Waals surface area contributed by atoms with Gasteiger partial charge >= 0.3 is 0 Å². The average molecular weight is 1420 g/mol. The number of aliphatic hydroxyl groups is 5. The molecule has 1 spiro atoms. The number of nitrogens with zero attached hydrogens (tertiary/aromatic N) is 12. The van der Waals surface area contributed by atoms with Gasteiger partial charge in [0.1, 0.15) is 0 Å². The molecule has 0 bridgehead atoms. The van der Waals surface area contributed by atoms with E-state index in [0.717, 1.165) is 176 Å². The highest BCUT2D eigenvalue weighted by Crippen LogP contribution is 2.40. The molecule has 5 N–H and O–H groups in total. The summed E-state index contributed by atoms with van der Waals surface area (Å²) in [6.45, 7) is 41.0. The third kappa shape index (κ3) is 26.7. The van der Waals surface area contributed by atoms with Crippen molar-refractivity contribution in [2.75, 3.05) is 148 Å². The van der Waals surface area contributed by atoms with E-state index in [4.69, 9.17) is 14.2 Å². The standard InChI is InChI=1S/C15H22N2O.3C14H22N2O.2C13H20N2O2/c1-12(2)14-4-3-13(9-16-14)17-7-5-15(6-8-17)10-18-11-15;3*1-11(2)14-6-5-12(10-15-14)16-8-3-4-13(17)7-9-16;2*1-10(2)13-4-3-11(7-14-13)15-5-6-17-9-12(16)8-15/h3-4,9,12H,5-8,10-11H2,1-2H3;3*5-6,10-11,13,17H,3-4,7-9H2,1-2H3;2*3-4,7,10,12,16H,5-6,8-9H2,1-2H3/t;2*13-;;2*12-/m.10.10/s1. The molecule has 20 nitrogen and oxygen atoms in total. The largest absolute Gasteiger partial charge is 0.393 e. The molecule has 103 heavy (non-hydrogen) atoms. The maximum atomic E-state index is 9.68. The smallest absolute Gasteiger partial charge is 0.0948 e. The van der Waals surface area contributed by atoms with Crippen LogP contribution in [0.1, 0.15) is 223 Å². The molecular weight excluding hydrogens is 1290 g/mol. The minimum Gasteiger partial charge on any atom is -0.393 e. The summed E-state index contributed by atoms with van der Waals surface area (Å²) in [6, 6.07) is 25.4. The molecule has 0 aromatic carbocycles. The van der Waals surface area contributed by atoms with Crippen molar-refractivity contribution in [2.24, 2.45) is 5.41 Å². The lowest BCUT2D eigenvalue weighted by Crippen LogP contribution is -2.50. The first-order chi connectivity index (χ1) is 49.5. The number of hydrogen-bond acceptors (Lipinski definition) is 20. The SMILES string of the molecule is CC(C)c1ccc(N2CCC3(CC2)COC3)cn1.CC(C)c1ccc(N2CCCC(O)CC2)cn1.CC(C)c1ccc(N2CCC[C@@H](O)CC2)cn1.CC(C)c1ccc(N2CCC[C@H](O)CC2)cn1.CC(C)c1ccc(N2CCOC[C@@H](O)C2)cn1.CC(C)c1ccc(N2CCOC[C@H](O)C2)cn1. The topological polar surface area (TPSA) is 226 Å². The zero-order valence-electron chi connectivity index (χ0n) is 64.6. The highest BCUT2D eigenvalue weighted by Gasteiger charge is 2.41. The van der Waals surface area contributed by atoms with Gasteiger partial charge in [0.25, 0.3) is 0 Å². The second-order valence-corrected chi connectivity index (χ2v) is 31.1. The summed E-state index contributed by atoms with van der Waals surface area (Å²) in [6.07, 6.45) is 21.6. The maximum Gasteiger partial charge on any atom is 0.0948 e. The summed E-state index contributed by atoms with van der Waals surface area (Å²) < 4.78 is 16.0. The Morgan fingerprint density at radius 2 is 0.553 bits per heavy atom. The molecule has 6 aromatic heterocycles. The van der Waals surface area contributed by atoms with Crippen molar-refractivity contribution < 1.29 is 39.7 Å². The maximum absolute atomic E-state index is 9.68. The Morgan fingerprint density at radius 1 is 0.301 bits per heavy atom. The van der Waals surface area contributed by atoms with E-state index in [1.54, 1.807) is 0 Å². The van der Waals surface area contributed by atoms with Crippen LogP contribution in [0.15, 0.2) is 110 Å². The van der Waals surface area contributed by atoms with Gasteiger partial charge in [0, 0.05) is 118 Å². The monoisotopic (exact) mass is 1420 g/mol. The molecule has 5 atom stereocenters. The zero-order chi connectivity index (χ0) is 73.8. The summed E-state index contributed by atoms with van der Waals surface area (Å²) in [7, 11) is 0. The van der Waals surface area contributed by atoms with Gasteiger partial charge in [-0.1, -0.05) is 83.1 Å². The first-order valence-electron chi connectivity index (χ1n) is 38.9. The zero-order valence-corrected chi connectivity index (χ0v) is 64.6. The Labute approximate surface area is 617 Å². The number of aromatic nitrogens is 6. The van der Waals surface area contributed by atoms with Crippen molar-refractivity contribution in [3.8, 4) is 0 Å². The Hall–Kier alpha value is -6.62. The fourth-order valence-corrected chi connectivity index (χ4v) is 13.5. The van der Waals surface area contributed by atoms with E-state index in [9.17, 15) is 25.5 Å². The van der Waals surface area contributed by atoms with Crippen molar-refractivity contribution >= 4 is 34.1 Å². The molecule has 0 radical (unpaired) electrons. The molecule has 13 heterocycles. The van der Waals surface area contributed by atoms with Crippen LogP contribution in [0.4, 0.5) is 34.1 Å². The number of β-amino-alcohol motifs (C(OH)–C–C–N with tert-alkyl or cyclic N) is 2. The Morgan fingerprint density at radius 3 is 0.777 bits per heavy atom. The molecule has 7 aliphatic rings. The average Bonchev–Trinajstić information content (AvgIpc) is 1.31. The third-order valence-corrected chi connectivity index (χ3v) is 20.6. The molecule has 0 amide bonds. The predicted molar refractivity (Wildman–Crippen MR) is 419 cm³/mol. The minimum absolute atomic E-state index is 0.122. The van der Waals surface area contributed by atoms with Gasteiger partial charge in [0.05, 0.1) is 141 Å². The molecule has 13 rings (SSSR count). The van der Waals surface area contributed by atoms with E-state index >= 15 is 0 Å². The fraction of sp³-hybridized carbons (Fsp3) is 0.639. The first-order valence-corrected chi connectivity index (χ1v) is 38.9. The Bertz CT molecular complexity index is 3040. The molecule has 7 aliphatic heterocycles. The van der Waals surface area contributed by atoms with Gasteiger partial charge in [0.2, 0.25) is 0 Å². The molecule has 7 saturated heterocycles. The summed E-state index contributed by atoms with van der Waals surface area (Å²) in [5.41, 5.74) is 14.3. The van der Waals surface area contributed by atoms with E-state index in [0.29, 0.717) is 80.4 Å². The van der Waals surface area contributed by atoms with E-state index in [1.165, 1.54) is 41.3 Å². The second-order valence-electron chi connectivity index (χ2n) is 31.1. The normalized spacial score (nSPS) is 21.8. The van der Waals surface area contributed by atoms with E-state index in [-0.39, 0.29) is 18.3 Å². The molecule has 0 saturated carbocycles. The van der Waals surface area contributed by atoms with Crippen LogP contribution in [0, 0.1) is 5.41 Å². The highest BCUT2D eigenvalue weighted by atomic mass is 16.5. The highest BCUT2D eigenvalue weighted by molar-refractivity contribution is 5.49. The van der Waals surface area contributed by atoms with Gasteiger partial charge in [-0.2, -0.15) is 0 Å². The van der Waals surface area contributed by atoms with Crippen molar-refractivity contribution in [1.82, 2.24) is 29.9 Å². The van der Waals surface area contributed by atoms with Crippen LogP contribution >= 0.6 is 0 Å². The molecule has 20 heteroatoms. The van der Waals surface area contributed by atoms with Crippen LogP contribution < -0.4 is 29.4 Å². The molecular formula is C83H128N12O8. The van der Waals surface area contributed by atoms with Crippen LogP contribution in [-0.2, 0) is 14.2 Å². The summed E-state index contributed by atoms with van der Waals surface area (Å²) in [4.78, 5) is 40.6. The fourth-order valence-electron chi connectivity index (χ4n) is 13.5. The molecule has 0 aliphatic carbocycles. The molecule has 7 fully saturated rings. The van der Waals surface area contributed by atoms with Crippen LogP contribution in [0.2, 0.25) is 0 Å². The lowest BCUT2D eigenvalue weighted by atomic mass is 9.77. The number of ether oxygens (including phenoxy) is 3. The van der Waals surface area contributed by atoms with Crippen molar-refractivity contribution in [2.45, 2.75) is 220 Å². The Kier molecular flexibility index (Phi) is 33.4. The minimum atomic E-state index is -0.415. The van der Waals surface area contributed by atoms with Crippen LogP contribution in [-0.4, -0.2) is 204 Å². The van der Waals surface area contributed by atoms with Gasteiger partial charge in [-0.25, -0.2) is 0 Å². The van der Waals surface area contributed by atoms with Crippen LogP contribution in [0.5, 0.6) is 0 Å². The quantitative estimate of drug-likeness (QED) is 0.0768. The summed E-state index contributed by atoms with van der Waals surface area (Å²) >= 11 is 0. The molecule has 568 valence electrons. The number of rotatable bonds is 12. The summed E-state index contributed by atoms with van der Waals surface area (Å²) in [5, 5.41) is 48.2. The van der Waals surface area contributed by atoms with E-state index < -0.39 is 12.2 Å². The Balaban J connectivity index is 0.000000157. The van der Waals surface area contributed by atoms with Crippen molar-refractivity contribution in [3.63, 3.8) is 0 Å². The number of piperidine rings is 1. The van der Waals surface area contributed by atoms with Gasteiger partial charge in [-0.15, -0.1) is 0 Å². The van der Waals surface area contributed by atoms with Gasteiger partial charge < -0.3 is 69.1 Å². The molecule has 6 aromatic rings. The van der Waals surface area contributed by atoms with Gasteiger partial charge in [-0.05, 0) is 179 Å².